The molecule has 132 valence electrons. The SMILES string of the molecule is CC(C)Cc1ccc(C(C)c2nn3c(-c4ccccn4)nnc3s2)cc1. The van der Waals surface area contributed by atoms with E-state index in [2.05, 4.69) is 60.2 Å². The van der Waals surface area contributed by atoms with Crippen molar-refractivity contribution in [3.8, 4) is 11.5 Å². The lowest BCUT2D eigenvalue weighted by atomic mass is 9.97. The van der Waals surface area contributed by atoms with Crippen LogP contribution in [-0.4, -0.2) is 24.8 Å². The first-order chi connectivity index (χ1) is 12.6. The fourth-order valence-corrected chi connectivity index (χ4v) is 3.94. The minimum atomic E-state index is 0.214. The summed E-state index contributed by atoms with van der Waals surface area (Å²) < 4.78 is 1.80. The van der Waals surface area contributed by atoms with Crippen molar-refractivity contribution in [1.29, 1.82) is 0 Å². The van der Waals surface area contributed by atoms with E-state index < -0.39 is 0 Å². The molecule has 0 saturated carbocycles. The molecule has 3 aromatic heterocycles. The second-order valence-corrected chi connectivity index (χ2v) is 7.92. The van der Waals surface area contributed by atoms with Crippen LogP contribution in [0.1, 0.15) is 42.8 Å². The third-order valence-electron chi connectivity index (χ3n) is 4.39. The van der Waals surface area contributed by atoms with E-state index in [9.17, 15) is 0 Å². The van der Waals surface area contributed by atoms with E-state index in [1.165, 1.54) is 11.1 Å². The molecular formula is C20H21N5S. The molecule has 0 aliphatic carbocycles. The van der Waals surface area contributed by atoms with E-state index >= 15 is 0 Å². The van der Waals surface area contributed by atoms with Crippen LogP contribution in [0, 0.1) is 5.92 Å². The number of hydrogen-bond donors (Lipinski definition) is 0. The van der Waals surface area contributed by atoms with Crippen molar-refractivity contribution in [2.75, 3.05) is 0 Å². The van der Waals surface area contributed by atoms with Crippen LogP contribution >= 0.6 is 11.3 Å². The van der Waals surface area contributed by atoms with Crippen molar-refractivity contribution < 1.29 is 0 Å². The van der Waals surface area contributed by atoms with Gasteiger partial charge in [0.15, 0.2) is 0 Å². The largest absolute Gasteiger partial charge is 0.253 e. The van der Waals surface area contributed by atoms with Gasteiger partial charge in [-0.25, -0.2) is 0 Å². The van der Waals surface area contributed by atoms with E-state index in [-0.39, 0.29) is 5.92 Å². The van der Waals surface area contributed by atoms with E-state index in [4.69, 9.17) is 5.10 Å². The number of aromatic nitrogens is 5. The first kappa shape index (κ1) is 16.8. The highest BCUT2D eigenvalue weighted by Gasteiger charge is 2.18. The number of hydrogen-bond acceptors (Lipinski definition) is 5. The summed E-state index contributed by atoms with van der Waals surface area (Å²) in [5, 5.41) is 14.3. The third kappa shape index (κ3) is 3.24. The van der Waals surface area contributed by atoms with Crippen LogP contribution < -0.4 is 0 Å². The van der Waals surface area contributed by atoms with Crippen molar-refractivity contribution in [1.82, 2.24) is 24.8 Å². The summed E-state index contributed by atoms with van der Waals surface area (Å²) in [5.74, 6) is 1.57. The van der Waals surface area contributed by atoms with Gasteiger partial charge in [-0.1, -0.05) is 62.4 Å². The zero-order valence-electron chi connectivity index (χ0n) is 15.1. The summed E-state index contributed by atoms with van der Waals surface area (Å²) in [4.78, 5) is 5.15. The van der Waals surface area contributed by atoms with Gasteiger partial charge in [0.05, 0.1) is 0 Å². The Labute approximate surface area is 156 Å². The normalized spacial score (nSPS) is 12.8. The van der Waals surface area contributed by atoms with Gasteiger partial charge in [0.1, 0.15) is 10.7 Å². The zero-order valence-corrected chi connectivity index (χ0v) is 15.9. The molecule has 26 heavy (non-hydrogen) atoms. The highest BCUT2D eigenvalue weighted by atomic mass is 32.1. The Morgan fingerprint density at radius 1 is 1.00 bits per heavy atom. The molecule has 4 aromatic rings. The molecule has 6 heteroatoms. The fraction of sp³-hybridized carbons (Fsp3) is 0.300. The molecule has 0 N–H and O–H groups in total. The van der Waals surface area contributed by atoms with Crippen LogP contribution in [0.25, 0.3) is 16.5 Å². The van der Waals surface area contributed by atoms with Crippen molar-refractivity contribution in [3.05, 3.63) is 64.8 Å². The average molecular weight is 363 g/mol. The van der Waals surface area contributed by atoms with E-state index in [1.54, 1.807) is 22.0 Å². The van der Waals surface area contributed by atoms with Crippen LogP contribution in [0.3, 0.4) is 0 Å². The first-order valence-corrected chi connectivity index (χ1v) is 9.66. The van der Waals surface area contributed by atoms with E-state index in [0.717, 1.165) is 22.1 Å². The van der Waals surface area contributed by atoms with Gasteiger partial charge in [0, 0.05) is 12.1 Å². The van der Waals surface area contributed by atoms with Crippen LogP contribution in [-0.2, 0) is 6.42 Å². The van der Waals surface area contributed by atoms with E-state index in [0.29, 0.717) is 11.7 Å². The lowest BCUT2D eigenvalue weighted by Gasteiger charge is -2.10. The summed E-state index contributed by atoms with van der Waals surface area (Å²) >= 11 is 1.58. The van der Waals surface area contributed by atoms with Gasteiger partial charge in [0.25, 0.3) is 0 Å². The molecular weight excluding hydrogens is 342 g/mol. The lowest BCUT2D eigenvalue weighted by Crippen LogP contribution is -2.00. The van der Waals surface area contributed by atoms with Gasteiger partial charge in [-0.2, -0.15) is 9.61 Å². The van der Waals surface area contributed by atoms with Crippen molar-refractivity contribution in [3.63, 3.8) is 0 Å². The van der Waals surface area contributed by atoms with Crippen molar-refractivity contribution in [2.45, 2.75) is 33.1 Å². The smallest absolute Gasteiger partial charge is 0.235 e. The maximum Gasteiger partial charge on any atom is 0.235 e. The fourth-order valence-electron chi connectivity index (χ4n) is 3.02. The Balaban J connectivity index is 1.63. The number of rotatable bonds is 5. The predicted octanol–water partition coefficient (Wildman–Crippen LogP) is 4.60. The lowest BCUT2D eigenvalue weighted by molar-refractivity contribution is 0.647. The molecule has 0 radical (unpaired) electrons. The molecule has 1 unspecified atom stereocenters. The third-order valence-corrected chi connectivity index (χ3v) is 5.48. The maximum absolute atomic E-state index is 4.77. The summed E-state index contributed by atoms with van der Waals surface area (Å²) in [6.07, 6.45) is 2.86. The van der Waals surface area contributed by atoms with Crippen LogP contribution in [0.4, 0.5) is 0 Å². The summed E-state index contributed by atoms with van der Waals surface area (Å²) in [5.41, 5.74) is 3.43. The molecule has 1 aromatic carbocycles. The number of pyridine rings is 1. The summed E-state index contributed by atoms with van der Waals surface area (Å²) in [6, 6.07) is 14.6. The Bertz CT molecular complexity index is 1000. The van der Waals surface area contributed by atoms with Gasteiger partial charge in [-0.3, -0.25) is 4.98 Å². The van der Waals surface area contributed by atoms with Crippen molar-refractivity contribution in [2.24, 2.45) is 5.92 Å². The van der Waals surface area contributed by atoms with Gasteiger partial charge in [0.2, 0.25) is 10.8 Å². The monoisotopic (exact) mass is 363 g/mol. The molecule has 0 amide bonds. The Morgan fingerprint density at radius 2 is 1.81 bits per heavy atom. The minimum Gasteiger partial charge on any atom is -0.253 e. The molecule has 1 atom stereocenters. The molecule has 0 saturated heterocycles. The standard InChI is InChI=1S/C20H21N5S/c1-13(2)12-15-7-9-16(10-8-15)14(3)19-24-25-18(22-23-20(25)26-19)17-6-4-5-11-21-17/h4-11,13-14H,12H2,1-3H3. The van der Waals surface area contributed by atoms with Crippen LogP contribution in [0.5, 0.6) is 0 Å². The topological polar surface area (TPSA) is 56.0 Å². The summed E-state index contributed by atoms with van der Waals surface area (Å²) in [6.45, 7) is 6.67. The molecule has 0 fully saturated rings. The average Bonchev–Trinajstić information content (AvgIpc) is 3.22. The van der Waals surface area contributed by atoms with Crippen LogP contribution in [0.15, 0.2) is 48.7 Å². The second kappa shape index (κ2) is 6.96. The van der Waals surface area contributed by atoms with Gasteiger partial charge < -0.3 is 0 Å². The molecule has 5 nitrogen and oxygen atoms in total. The first-order valence-electron chi connectivity index (χ1n) is 8.84. The van der Waals surface area contributed by atoms with Gasteiger partial charge in [-0.15, -0.1) is 10.2 Å². The highest BCUT2D eigenvalue weighted by molar-refractivity contribution is 7.16. The zero-order chi connectivity index (χ0) is 18.1. The molecule has 3 heterocycles. The number of fused-ring (bicyclic) bond motifs is 1. The quantitative estimate of drug-likeness (QED) is 0.520. The number of benzene rings is 1. The predicted molar refractivity (Wildman–Crippen MR) is 104 cm³/mol. The Kier molecular flexibility index (Phi) is 4.51. The van der Waals surface area contributed by atoms with Crippen LogP contribution in [0.2, 0.25) is 0 Å². The molecule has 0 aliphatic rings. The highest BCUT2D eigenvalue weighted by Crippen LogP contribution is 2.29. The molecule has 4 rings (SSSR count). The Hall–Kier alpha value is -2.60. The van der Waals surface area contributed by atoms with E-state index in [1.807, 2.05) is 18.2 Å². The van der Waals surface area contributed by atoms with Gasteiger partial charge in [-0.05, 0) is 35.6 Å². The molecule has 0 aliphatic heterocycles. The molecule has 0 bridgehead atoms. The molecule has 0 spiro atoms. The minimum absolute atomic E-state index is 0.214. The van der Waals surface area contributed by atoms with Crippen molar-refractivity contribution >= 4 is 16.3 Å². The van der Waals surface area contributed by atoms with Gasteiger partial charge >= 0.3 is 0 Å². The maximum atomic E-state index is 4.77. The summed E-state index contributed by atoms with van der Waals surface area (Å²) in [7, 11) is 0. The Morgan fingerprint density at radius 3 is 2.50 bits per heavy atom. The second-order valence-electron chi connectivity index (χ2n) is 6.93. The number of nitrogens with zero attached hydrogens (tertiary/aromatic N) is 5.